The maximum absolute atomic E-state index is 12.4. The van der Waals surface area contributed by atoms with E-state index in [0.717, 1.165) is 0 Å². The summed E-state index contributed by atoms with van der Waals surface area (Å²) < 4.78 is 10.3. The van der Waals surface area contributed by atoms with E-state index in [0.29, 0.717) is 32.5 Å². The molecule has 0 aliphatic carbocycles. The third-order valence-electron chi connectivity index (χ3n) is 4.23. The van der Waals surface area contributed by atoms with Crippen LogP contribution in [0.5, 0.6) is 5.75 Å². The molecule has 154 valence electrons. The molecule has 0 fully saturated rings. The number of amides is 1. The number of Topliss-reactive ketones (excluding diaryl/α,β-unsaturated/α-hetero) is 1. The summed E-state index contributed by atoms with van der Waals surface area (Å²) in [5.74, 6) is -0.626. The molecule has 6 nitrogen and oxygen atoms in total. The lowest BCUT2D eigenvalue weighted by Crippen LogP contribution is -2.21. The van der Waals surface area contributed by atoms with Crippen molar-refractivity contribution >= 4 is 45.6 Å². The minimum absolute atomic E-state index is 0.0540. The van der Waals surface area contributed by atoms with Gasteiger partial charge >= 0.3 is 5.97 Å². The maximum atomic E-state index is 12.4. The van der Waals surface area contributed by atoms with Crippen LogP contribution in [-0.2, 0) is 9.53 Å². The SMILES string of the molecule is COC(=O)c1c(-c2ccccc2Cl)csc1NC(=O)COc1ccc(C(C)=O)cc1. The Morgan fingerprint density at radius 2 is 1.73 bits per heavy atom. The number of carbonyl (C=O) groups is 3. The largest absolute Gasteiger partial charge is 0.484 e. The third-order valence-corrected chi connectivity index (χ3v) is 5.45. The lowest BCUT2D eigenvalue weighted by atomic mass is 10.0. The van der Waals surface area contributed by atoms with Crippen LogP contribution in [0.2, 0.25) is 5.02 Å². The Balaban J connectivity index is 1.75. The number of carbonyl (C=O) groups excluding carboxylic acids is 3. The highest BCUT2D eigenvalue weighted by Gasteiger charge is 2.23. The second-order valence-corrected chi connectivity index (χ2v) is 7.53. The van der Waals surface area contributed by atoms with E-state index in [9.17, 15) is 14.4 Å². The van der Waals surface area contributed by atoms with E-state index in [1.54, 1.807) is 47.8 Å². The van der Waals surface area contributed by atoms with Crippen LogP contribution >= 0.6 is 22.9 Å². The molecule has 0 atom stereocenters. The summed E-state index contributed by atoms with van der Waals surface area (Å²) in [6, 6.07) is 13.6. The van der Waals surface area contributed by atoms with Gasteiger partial charge in [-0.1, -0.05) is 29.8 Å². The number of benzene rings is 2. The fourth-order valence-electron chi connectivity index (χ4n) is 2.73. The zero-order valence-corrected chi connectivity index (χ0v) is 17.8. The topological polar surface area (TPSA) is 81.7 Å². The molecule has 0 spiro atoms. The molecule has 0 bridgehead atoms. The summed E-state index contributed by atoms with van der Waals surface area (Å²) in [6.07, 6.45) is 0. The van der Waals surface area contributed by atoms with E-state index < -0.39 is 11.9 Å². The standard InChI is InChI=1S/C22H18ClNO5S/c1-13(25)14-7-9-15(10-8-14)29-11-19(26)24-21-20(22(27)28-2)17(12-30-21)16-5-3-4-6-18(16)23/h3-10,12H,11H2,1-2H3,(H,24,26). The number of esters is 1. The zero-order chi connectivity index (χ0) is 21.7. The number of ketones is 1. The normalized spacial score (nSPS) is 10.4. The van der Waals surface area contributed by atoms with Gasteiger partial charge in [0.15, 0.2) is 12.4 Å². The molecule has 0 aliphatic rings. The first-order chi connectivity index (χ1) is 14.4. The Hall–Kier alpha value is -3.16. The molecular weight excluding hydrogens is 426 g/mol. The zero-order valence-electron chi connectivity index (χ0n) is 16.2. The molecule has 1 N–H and O–H groups in total. The van der Waals surface area contributed by atoms with Crippen LogP contribution in [-0.4, -0.2) is 31.4 Å². The van der Waals surface area contributed by atoms with Crippen LogP contribution in [0.4, 0.5) is 5.00 Å². The predicted octanol–water partition coefficient (Wildman–Crippen LogP) is 5.08. The average Bonchev–Trinajstić information content (AvgIpc) is 3.15. The van der Waals surface area contributed by atoms with Gasteiger partial charge in [-0.15, -0.1) is 11.3 Å². The Bertz CT molecular complexity index is 1090. The van der Waals surface area contributed by atoms with Gasteiger partial charge in [0.1, 0.15) is 16.3 Å². The summed E-state index contributed by atoms with van der Waals surface area (Å²) >= 11 is 7.46. The van der Waals surface area contributed by atoms with Crippen molar-refractivity contribution in [2.75, 3.05) is 19.0 Å². The van der Waals surface area contributed by atoms with Gasteiger partial charge in [-0.05, 0) is 37.3 Å². The second-order valence-electron chi connectivity index (χ2n) is 6.24. The Morgan fingerprint density at radius 3 is 2.37 bits per heavy atom. The van der Waals surface area contributed by atoms with Crippen LogP contribution in [0.1, 0.15) is 27.6 Å². The van der Waals surface area contributed by atoms with Gasteiger partial charge in [0.05, 0.1) is 7.11 Å². The minimum atomic E-state index is -0.581. The van der Waals surface area contributed by atoms with Crippen LogP contribution in [0, 0.1) is 0 Å². The molecule has 0 radical (unpaired) electrons. The Morgan fingerprint density at radius 1 is 1.03 bits per heavy atom. The molecule has 30 heavy (non-hydrogen) atoms. The van der Waals surface area contributed by atoms with Gasteiger partial charge in [-0.25, -0.2) is 4.79 Å². The van der Waals surface area contributed by atoms with E-state index in [2.05, 4.69) is 5.32 Å². The Kier molecular flexibility index (Phi) is 6.87. The Labute approximate surface area is 182 Å². The van der Waals surface area contributed by atoms with Crippen molar-refractivity contribution in [3.8, 4) is 16.9 Å². The first-order valence-corrected chi connectivity index (χ1v) is 10.1. The lowest BCUT2D eigenvalue weighted by Gasteiger charge is -2.10. The second kappa shape index (κ2) is 9.56. The quantitative estimate of drug-likeness (QED) is 0.407. The summed E-state index contributed by atoms with van der Waals surface area (Å²) in [7, 11) is 1.27. The number of ether oxygens (including phenoxy) is 2. The molecule has 0 saturated carbocycles. The number of methoxy groups -OCH3 is 1. The first kappa shape index (κ1) is 21.5. The van der Waals surface area contributed by atoms with Gasteiger partial charge in [0.25, 0.3) is 5.91 Å². The van der Waals surface area contributed by atoms with Crippen molar-refractivity contribution in [2.24, 2.45) is 0 Å². The van der Waals surface area contributed by atoms with Crippen molar-refractivity contribution in [2.45, 2.75) is 6.92 Å². The van der Waals surface area contributed by atoms with E-state index in [1.807, 2.05) is 6.07 Å². The predicted molar refractivity (Wildman–Crippen MR) is 117 cm³/mol. The number of anilines is 1. The van der Waals surface area contributed by atoms with Gasteiger partial charge < -0.3 is 14.8 Å². The summed E-state index contributed by atoms with van der Waals surface area (Å²) in [5, 5.41) is 5.26. The van der Waals surface area contributed by atoms with E-state index in [-0.39, 0.29) is 18.0 Å². The van der Waals surface area contributed by atoms with Crippen molar-refractivity contribution in [3.05, 3.63) is 70.1 Å². The van der Waals surface area contributed by atoms with E-state index >= 15 is 0 Å². The van der Waals surface area contributed by atoms with Gasteiger partial charge in [0, 0.05) is 27.1 Å². The summed E-state index contributed by atoms with van der Waals surface area (Å²) in [5.41, 5.74) is 2.03. The van der Waals surface area contributed by atoms with Gasteiger partial charge in [0.2, 0.25) is 0 Å². The molecule has 0 unspecified atom stereocenters. The molecule has 0 aliphatic heterocycles. The third kappa shape index (κ3) is 4.87. The number of thiophene rings is 1. The minimum Gasteiger partial charge on any atom is -0.484 e. The number of halogens is 1. The average molecular weight is 444 g/mol. The van der Waals surface area contributed by atoms with Crippen LogP contribution in [0.3, 0.4) is 0 Å². The maximum Gasteiger partial charge on any atom is 0.341 e. The number of hydrogen-bond donors (Lipinski definition) is 1. The number of rotatable bonds is 7. The highest BCUT2D eigenvalue weighted by Crippen LogP contribution is 2.39. The lowest BCUT2D eigenvalue weighted by molar-refractivity contribution is -0.118. The van der Waals surface area contributed by atoms with Gasteiger partial charge in [-0.2, -0.15) is 0 Å². The molecule has 1 heterocycles. The smallest absolute Gasteiger partial charge is 0.341 e. The van der Waals surface area contributed by atoms with E-state index in [4.69, 9.17) is 21.1 Å². The van der Waals surface area contributed by atoms with Crippen molar-refractivity contribution < 1.29 is 23.9 Å². The van der Waals surface area contributed by atoms with Crippen molar-refractivity contribution in [3.63, 3.8) is 0 Å². The fraction of sp³-hybridized carbons (Fsp3) is 0.136. The molecule has 1 amide bonds. The van der Waals surface area contributed by atoms with Crippen LogP contribution < -0.4 is 10.1 Å². The molecule has 3 aromatic rings. The summed E-state index contributed by atoms with van der Waals surface area (Å²) in [6.45, 7) is 1.21. The molecule has 2 aromatic carbocycles. The molecule has 3 rings (SSSR count). The highest BCUT2D eigenvalue weighted by molar-refractivity contribution is 7.15. The van der Waals surface area contributed by atoms with E-state index in [1.165, 1.54) is 25.4 Å². The van der Waals surface area contributed by atoms with Gasteiger partial charge in [-0.3, -0.25) is 9.59 Å². The van der Waals surface area contributed by atoms with Crippen molar-refractivity contribution in [1.29, 1.82) is 0 Å². The number of hydrogen-bond acceptors (Lipinski definition) is 6. The molecule has 1 aromatic heterocycles. The molecule has 8 heteroatoms. The summed E-state index contributed by atoms with van der Waals surface area (Å²) in [4.78, 5) is 36.1. The van der Waals surface area contributed by atoms with Crippen LogP contribution in [0.25, 0.3) is 11.1 Å². The monoisotopic (exact) mass is 443 g/mol. The van der Waals surface area contributed by atoms with Crippen LogP contribution in [0.15, 0.2) is 53.9 Å². The fourth-order valence-corrected chi connectivity index (χ4v) is 3.93. The number of nitrogens with one attached hydrogen (secondary N) is 1. The highest BCUT2D eigenvalue weighted by atomic mass is 35.5. The first-order valence-electron chi connectivity index (χ1n) is 8.89. The molecular formula is C22H18ClNO5S. The molecule has 0 saturated heterocycles. The van der Waals surface area contributed by atoms with Crippen molar-refractivity contribution in [1.82, 2.24) is 0 Å².